The number of nitrogens with zero attached hydrogens (tertiary/aromatic N) is 2. The Morgan fingerprint density at radius 1 is 1.28 bits per heavy atom. The summed E-state index contributed by atoms with van der Waals surface area (Å²) in [6.07, 6.45) is 0. The highest BCUT2D eigenvalue weighted by atomic mass is 15.3. The van der Waals surface area contributed by atoms with Gasteiger partial charge in [0.05, 0.1) is 0 Å². The standard InChI is InChI=1S/C15H25N3/c1-12-4-6-14(7-5-12)15(10-16)18-9-8-17(3)11-13(18)2/h4-7,13,15H,8-11,16H2,1-3H3. The van der Waals surface area contributed by atoms with Gasteiger partial charge in [-0.15, -0.1) is 0 Å². The summed E-state index contributed by atoms with van der Waals surface area (Å²) in [6, 6.07) is 9.72. The monoisotopic (exact) mass is 247 g/mol. The van der Waals surface area contributed by atoms with Gasteiger partial charge < -0.3 is 10.6 Å². The van der Waals surface area contributed by atoms with Crippen molar-refractivity contribution in [1.29, 1.82) is 0 Å². The molecule has 1 aromatic rings. The lowest BCUT2D eigenvalue weighted by atomic mass is 10.0. The van der Waals surface area contributed by atoms with Crippen molar-refractivity contribution >= 4 is 0 Å². The third-order valence-electron chi connectivity index (χ3n) is 3.97. The van der Waals surface area contributed by atoms with E-state index >= 15 is 0 Å². The van der Waals surface area contributed by atoms with Crippen molar-refractivity contribution < 1.29 is 0 Å². The number of hydrogen-bond acceptors (Lipinski definition) is 3. The van der Waals surface area contributed by atoms with E-state index < -0.39 is 0 Å². The number of nitrogens with two attached hydrogens (primary N) is 1. The second kappa shape index (κ2) is 5.83. The normalized spacial score (nSPS) is 24.1. The van der Waals surface area contributed by atoms with Gasteiger partial charge in [-0.05, 0) is 26.5 Å². The smallest absolute Gasteiger partial charge is 0.0474 e. The molecule has 2 atom stereocenters. The lowest BCUT2D eigenvalue weighted by Gasteiger charge is -2.42. The van der Waals surface area contributed by atoms with Gasteiger partial charge in [-0.3, -0.25) is 4.90 Å². The molecule has 3 heteroatoms. The van der Waals surface area contributed by atoms with Gasteiger partial charge >= 0.3 is 0 Å². The van der Waals surface area contributed by atoms with E-state index in [1.165, 1.54) is 11.1 Å². The van der Waals surface area contributed by atoms with E-state index in [0.717, 1.165) is 19.6 Å². The molecule has 1 heterocycles. The summed E-state index contributed by atoms with van der Waals surface area (Å²) < 4.78 is 0. The average molecular weight is 247 g/mol. The molecule has 3 nitrogen and oxygen atoms in total. The van der Waals surface area contributed by atoms with Crippen molar-refractivity contribution in [2.75, 3.05) is 33.2 Å². The minimum Gasteiger partial charge on any atom is -0.329 e. The van der Waals surface area contributed by atoms with Gasteiger partial charge in [-0.25, -0.2) is 0 Å². The Morgan fingerprint density at radius 3 is 2.50 bits per heavy atom. The van der Waals surface area contributed by atoms with Gasteiger partial charge in [0, 0.05) is 38.3 Å². The maximum absolute atomic E-state index is 6.02. The highest BCUT2D eigenvalue weighted by Gasteiger charge is 2.28. The Bertz CT molecular complexity index is 374. The molecule has 2 unspecified atom stereocenters. The molecule has 1 fully saturated rings. The van der Waals surface area contributed by atoms with Crippen LogP contribution in [0.15, 0.2) is 24.3 Å². The Hall–Kier alpha value is -0.900. The second-order valence-electron chi connectivity index (χ2n) is 5.51. The Kier molecular flexibility index (Phi) is 4.38. The number of benzene rings is 1. The van der Waals surface area contributed by atoms with Crippen molar-refractivity contribution in [2.45, 2.75) is 25.9 Å². The molecule has 0 aliphatic carbocycles. The van der Waals surface area contributed by atoms with Crippen molar-refractivity contribution in [3.63, 3.8) is 0 Å². The topological polar surface area (TPSA) is 32.5 Å². The van der Waals surface area contributed by atoms with Gasteiger partial charge in [0.25, 0.3) is 0 Å². The van der Waals surface area contributed by atoms with Gasteiger partial charge in [0.15, 0.2) is 0 Å². The molecule has 0 radical (unpaired) electrons. The van der Waals surface area contributed by atoms with Crippen LogP contribution in [-0.4, -0.2) is 49.1 Å². The van der Waals surface area contributed by atoms with Gasteiger partial charge in [-0.1, -0.05) is 29.8 Å². The van der Waals surface area contributed by atoms with Gasteiger partial charge in [0.1, 0.15) is 0 Å². The maximum Gasteiger partial charge on any atom is 0.0474 e. The first-order valence-electron chi connectivity index (χ1n) is 6.82. The Balaban J connectivity index is 2.15. The fraction of sp³-hybridized carbons (Fsp3) is 0.600. The maximum atomic E-state index is 6.02. The first-order chi connectivity index (χ1) is 8.61. The van der Waals surface area contributed by atoms with E-state index in [9.17, 15) is 0 Å². The van der Waals surface area contributed by atoms with E-state index in [4.69, 9.17) is 5.73 Å². The molecule has 18 heavy (non-hydrogen) atoms. The minimum absolute atomic E-state index is 0.356. The lowest BCUT2D eigenvalue weighted by molar-refractivity contribution is 0.0635. The number of likely N-dealkylation sites (N-methyl/N-ethyl adjacent to an activating group) is 1. The summed E-state index contributed by atoms with van der Waals surface area (Å²) >= 11 is 0. The first kappa shape index (κ1) is 13.5. The molecule has 2 rings (SSSR count). The summed E-state index contributed by atoms with van der Waals surface area (Å²) in [4.78, 5) is 4.94. The summed E-state index contributed by atoms with van der Waals surface area (Å²) in [6.45, 7) is 8.48. The van der Waals surface area contributed by atoms with Crippen molar-refractivity contribution in [2.24, 2.45) is 5.73 Å². The van der Waals surface area contributed by atoms with Crippen molar-refractivity contribution in [1.82, 2.24) is 9.80 Å². The number of hydrogen-bond donors (Lipinski definition) is 1. The lowest BCUT2D eigenvalue weighted by Crippen LogP contribution is -2.52. The van der Waals surface area contributed by atoms with Crippen LogP contribution in [0.1, 0.15) is 24.1 Å². The molecule has 2 N–H and O–H groups in total. The molecule has 1 aliphatic rings. The molecule has 0 spiro atoms. The molecule has 0 bridgehead atoms. The predicted molar refractivity (Wildman–Crippen MR) is 76.6 cm³/mol. The molecule has 1 aliphatic heterocycles. The van der Waals surface area contributed by atoms with Crippen LogP contribution in [0.25, 0.3) is 0 Å². The molecule has 1 saturated heterocycles. The average Bonchev–Trinajstić information content (AvgIpc) is 2.35. The Morgan fingerprint density at radius 2 is 1.94 bits per heavy atom. The van der Waals surface area contributed by atoms with Gasteiger partial charge in [0.2, 0.25) is 0 Å². The number of rotatable bonds is 3. The van der Waals surface area contributed by atoms with E-state index in [2.05, 4.69) is 55.0 Å². The largest absolute Gasteiger partial charge is 0.329 e. The molecular formula is C15H25N3. The van der Waals surface area contributed by atoms with E-state index in [1.807, 2.05) is 0 Å². The fourth-order valence-electron chi connectivity index (χ4n) is 2.87. The fourth-order valence-corrected chi connectivity index (χ4v) is 2.87. The third kappa shape index (κ3) is 2.91. The highest BCUT2D eigenvalue weighted by Crippen LogP contribution is 2.24. The summed E-state index contributed by atoms with van der Waals surface area (Å²) in [5.74, 6) is 0. The van der Waals surface area contributed by atoms with Crippen molar-refractivity contribution in [3.8, 4) is 0 Å². The van der Waals surface area contributed by atoms with E-state index in [-0.39, 0.29) is 0 Å². The summed E-state index contributed by atoms with van der Waals surface area (Å²) in [7, 11) is 2.19. The Labute approximate surface area is 111 Å². The van der Waals surface area contributed by atoms with E-state index in [0.29, 0.717) is 18.6 Å². The van der Waals surface area contributed by atoms with Crippen molar-refractivity contribution in [3.05, 3.63) is 35.4 Å². The van der Waals surface area contributed by atoms with Crippen LogP contribution < -0.4 is 5.73 Å². The van der Waals surface area contributed by atoms with Crippen LogP contribution in [0.3, 0.4) is 0 Å². The molecule has 0 amide bonds. The zero-order valence-corrected chi connectivity index (χ0v) is 11.8. The zero-order chi connectivity index (χ0) is 13.1. The number of piperazine rings is 1. The second-order valence-corrected chi connectivity index (χ2v) is 5.51. The zero-order valence-electron chi connectivity index (χ0n) is 11.8. The van der Waals surface area contributed by atoms with E-state index in [1.54, 1.807) is 0 Å². The first-order valence-corrected chi connectivity index (χ1v) is 6.82. The predicted octanol–water partition coefficient (Wildman–Crippen LogP) is 1.63. The third-order valence-corrected chi connectivity index (χ3v) is 3.97. The minimum atomic E-state index is 0.356. The van der Waals surface area contributed by atoms with Crippen LogP contribution in [0.5, 0.6) is 0 Å². The van der Waals surface area contributed by atoms with Crippen LogP contribution in [0.4, 0.5) is 0 Å². The summed E-state index contributed by atoms with van der Waals surface area (Å²) in [5.41, 5.74) is 8.67. The van der Waals surface area contributed by atoms with Crippen LogP contribution in [-0.2, 0) is 0 Å². The van der Waals surface area contributed by atoms with Crippen LogP contribution >= 0.6 is 0 Å². The summed E-state index contributed by atoms with van der Waals surface area (Å²) in [5, 5.41) is 0. The molecule has 0 aromatic heterocycles. The highest BCUT2D eigenvalue weighted by molar-refractivity contribution is 5.24. The molecular weight excluding hydrogens is 222 g/mol. The van der Waals surface area contributed by atoms with Gasteiger partial charge in [-0.2, -0.15) is 0 Å². The number of aryl methyl sites for hydroxylation is 1. The van der Waals surface area contributed by atoms with Crippen LogP contribution in [0.2, 0.25) is 0 Å². The van der Waals surface area contributed by atoms with Crippen LogP contribution in [0, 0.1) is 6.92 Å². The SMILES string of the molecule is Cc1ccc(C(CN)N2CCN(C)CC2C)cc1. The quantitative estimate of drug-likeness (QED) is 0.881. The molecule has 100 valence electrons. The molecule has 1 aromatic carbocycles. The molecule has 0 saturated carbocycles.